The Morgan fingerprint density at radius 3 is 2.58 bits per heavy atom. The van der Waals surface area contributed by atoms with Crippen molar-refractivity contribution in [1.29, 1.82) is 0 Å². The molecule has 0 aliphatic rings. The predicted molar refractivity (Wildman–Crippen MR) is 76.9 cm³/mol. The molecule has 0 unspecified atom stereocenters. The Labute approximate surface area is 112 Å². The maximum atomic E-state index is 11.2. The first-order valence-electron chi connectivity index (χ1n) is 6.31. The first-order valence-corrected chi connectivity index (χ1v) is 6.31. The van der Waals surface area contributed by atoms with Gasteiger partial charge in [-0.3, -0.25) is 4.79 Å². The fourth-order valence-corrected chi connectivity index (χ4v) is 1.60. The number of pyridine rings is 1. The molecule has 0 saturated heterocycles. The van der Waals surface area contributed by atoms with Crippen LogP contribution in [0.1, 0.15) is 18.9 Å². The van der Waals surface area contributed by atoms with Gasteiger partial charge in [0, 0.05) is 13.0 Å². The highest BCUT2D eigenvalue weighted by atomic mass is 16.1. The number of carbonyl (C=O) groups excluding carboxylic acids is 1. The molecule has 0 saturated carbocycles. The van der Waals surface area contributed by atoms with Gasteiger partial charge < -0.3 is 10.6 Å². The molecule has 19 heavy (non-hydrogen) atoms. The number of nitrogens with one attached hydrogen (secondary N) is 2. The normalized spacial score (nSPS) is 9.95. The molecule has 0 aliphatic heterocycles. The SMILES string of the molecule is CCC(=O)Nc1ccc(NCc2ccccc2)cn1. The quantitative estimate of drug-likeness (QED) is 0.863. The van der Waals surface area contributed by atoms with Crippen LogP contribution in [-0.4, -0.2) is 10.9 Å². The van der Waals surface area contributed by atoms with Gasteiger partial charge in [-0.25, -0.2) is 4.98 Å². The summed E-state index contributed by atoms with van der Waals surface area (Å²) in [4.78, 5) is 15.4. The number of aromatic nitrogens is 1. The van der Waals surface area contributed by atoms with Crippen molar-refractivity contribution in [3.8, 4) is 0 Å². The summed E-state index contributed by atoms with van der Waals surface area (Å²) < 4.78 is 0. The van der Waals surface area contributed by atoms with Gasteiger partial charge in [-0.2, -0.15) is 0 Å². The number of benzene rings is 1. The Kier molecular flexibility index (Phi) is 4.50. The Bertz CT molecular complexity index is 523. The van der Waals surface area contributed by atoms with Crippen molar-refractivity contribution in [2.75, 3.05) is 10.6 Å². The molecule has 0 aliphatic carbocycles. The Morgan fingerprint density at radius 2 is 1.95 bits per heavy atom. The van der Waals surface area contributed by atoms with Crippen molar-refractivity contribution in [3.63, 3.8) is 0 Å². The molecule has 0 bridgehead atoms. The van der Waals surface area contributed by atoms with Crippen molar-refractivity contribution in [2.24, 2.45) is 0 Å². The van der Waals surface area contributed by atoms with Gasteiger partial charge in [0.05, 0.1) is 11.9 Å². The van der Waals surface area contributed by atoms with Gasteiger partial charge >= 0.3 is 0 Å². The summed E-state index contributed by atoms with van der Waals surface area (Å²) in [7, 11) is 0. The van der Waals surface area contributed by atoms with Crippen molar-refractivity contribution < 1.29 is 4.79 Å². The fourth-order valence-electron chi connectivity index (χ4n) is 1.60. The Hall–Kier alpha value is -2.36. The van der Waals surface area contributed by atoms with Gasteiger partial charge in [0.2, 0.25) is 5.91 Å². The van der Waals surface area contributed by atoms with Crippen LogP contribution in [0.25, 0.3) is 0 Å². The van der Waals surface area contributed by atoms with Crippen molar-refractivity contribution in [2.45, 2.75) is 19.9 Å². The molecular formula is C15H17N3O. The topological polar surface area (TPSA) is 54.0 Å². The van der Waals surface area contributed by atoms with E-state index < -0.39 is 0 Å². The molecule has 98 valence electrons. The second kappa shape index (κ2) is 6.54. The summed E-state index contributed by atoms with van der Waals surface area (Å²) in [5.41, 5.74) is 2.14. The van der Waals surface area contributed by atoms with E-state index in [0.29, 0.717) is 12.2 Å². The lowest BCUT2D eigenvalue weighted by molar-refractivity contribution is -0.115. The third-order valence-corrected chi connectivity index (χ3v) is 2.69. The Morgan fingerprint density at radius 1 is 1.16 bits per heavy atom. The van der Waals surface area contributed by atoms with Crippen LogP contribution in [0.4, 0.5) is 11.5 Å². The van der Waals surface area contributed by atoms with E-state index in [4.69, 9.17) is 0 Å². The molecule has 4 nitrogen and oxygen atoms in total. The van der Waals surface area contributed by atoms with Crippen LogP contribution in [0.2, 0.25) is 0 Å². The minimum atomic E-state index is -0.0301. The zero-order chi connectivity index (χ0) is 13.5. The maximum Gasteiger partial charge on any atom is 0.225 e. The number of nitrogens with zero attached hydrogens (tertiary/aromatic N) is 1. The van der Waals surface area contributed by atoms with Gasteiger partial charge in [0.1, 0.15) is 5.82 Å². The standard InChI is InChI=1S/C15H17N3O/c1-2-15(19)18-14-9-8-13(11-17-14)16-10-12-6-4-3-5-7-12/h3-9,11,16H,2,10H2,1H3,(H,17,18,19). The van der Waals surface area contributed by atoms with Crippen molar-refractivity contribution >= 4 is 17.4 Å². The predicted octanol–water partition coefficient (Wildman–Crippen LogP) is 3.04. The van der Waals surface area contributed by atoms with Crippen LogP contribution in [0.3, 0.4) is 0 Å². The zero-order valence-corrected chi connectivity index (χ0v) is 10.9. The lowest BCUT2D eigenvalue weighted by Crippen LogP contribution is -2.10. The maximum absolute atomic E-state index is 11.2. The van der Waals surface area contributed by atoms with Gasteiger partial charge in [-0.05, 0) is 17.7 Å². The summed E-state index contributed by atoms with van der Waals surface area (Å²) >= 11 is 0. The average molecular weight is 255 g/mol. The lowest BCUT2D eigenvalue weighted by Gasteiger charge is -2.07. The van der Waals surface area contributed by atoms with E-state index in [9.17, 15) is 4.79 Å². The molecule has 0 fully saturated rings. The number of amides is 1. The number of carbonyl (C=O) groups is 1. The number of rotatable bonds is 5. The average Bonchev–Trinajstić information content (AvgIpc) is 2.47. The summed E-state index contributed by atoms with van der Waals surface area (Å²) in [6.07, 6.45) is 2.17. The second-order valence-corrected chi connectivity index (χ2v) is 4.17. The van der Waals surface area contributed by atoms with Crippen molar-refractivity contribution in [1.82, 2.24) is 4.98 Å². The summed E-state index contributed by atoms with van der Waals surface area (Å²) in [5.74, 6) is 0.551. The van der Waals surface area contributed by atoms with Crippen molar-refractivity contribution in [3.05, 3.63) is 54.2 Å². The molecule has 1 heterocycles. The van der Waals surface area contributed by atoms with E-state index in [1.807, 2.05) is 31.2 Å². The van der Waals surface area contributed by atoms with E-state index >= 15 is 0 Å². The lowest BCUT2D eigenvalue weighted by atomic mass is 10.2. The number of hydrogen-bond acceptors (Lipinski definition) is 3. The third kappa shape index (κ3) is 4.10. The Balaban J connectivity index is 1.90. The number of hydrogen-bond donors (Lipinski definition) is 2. The van der Waals surface area contributed by atoms with E-state index in [2.05, 4.69) is 27.8 Å². The van der Waals surface area contributed by atoms with Gasteiger partial charge in [-0.1, -0.05) is 37.3 Å². The second-order valence-electron chi connectivity index (χ2n) is 4.17. The van der Waals surface area contributed by atoms with Gasteiger partial charge in [0.25, 0.3) is 0 Å². The molecular weight excluding hydrogens is 238 g/mol. The highest BCUT2D eigenvalue weighted by Crippen LogP contribution is 2.11. The van der Waals surface area contributed by atoms with Gasteiger partial charge in [-0.15, -0.1) is 0 Å². The van der Waals surface area contributed by atoms with Crippen LogP contribution in [0, 0.1) is 0 Å². The monoisotopic (exact) mass is 255 g/mol. The minimum Gasteiger partial charge on any atom is -0.380 e. The van der Waals surface area contributed by atoms with Crippen LogP contribution in [-0.2, 0) is 11.3 Å². The van der Waals surface area contributed by atoms with E-state index in [1.54, 1.807) is 12.3 Å². The van der Waals surface area contributed by atoms with Crippen LogP contribution in [0.15, 0.2) is 48.7 Å². The molecule has 4 heteroatoms. The molecule has 1 aromatic carbocycles. The van der Waals surface area contributed by atoms with Crippen LogP contribution >= 0.6 is 0 Å². The molecule has 2 N–H and O–H groups in total. The van der Waals surface area contributed by atoms with Crippen LogP contribution in [0.5, 0.6) is 0 Å². The molecule has 2 rings (SSSR count). The number of anilines is 2. The van der Waals surface area contributed by atoms with Gasteiger partial charge in [0.15, 0.2) is 0 Å². The highest BCUT2D eigenvalue weighted by molar-refractivity contribution is 5.89. The summed E-state index contributed by atoms with van der Waals surface area (Å²) in [6.45, 7) is 2.56. The summed E-state index contributed by atoms with van der Waals surface area (Å²) in [6, 6.07) is 13.8. The molecule has 2 aromatic rings. The van der Waals surface area contributed by atoms with E-state index in [1.165, 1.54) is 5.56 Å². The minimum absolute atomic E-state index is 0.0301. The smallest absolute Gasteiger partial charge is 0.225 e. The fraction of sp³-hybridized carbons (Fsp3) is 0.200. The first kappa shape index (κ1) is 13.1. The molecule has 0 atom stereocenters. The molecule has 1 aromatic heterocycles. The molecule has 0 spiro atoms. The third-order valence-electron chi connectivity index (χ3n) is 2.69. The first-order chi connectivity index (χ1) is 9.28. The van der Waals surface area contributed by atoms with Crippen LogP contribution < -0.4 is 10.6 Å². The largest absolute Gasteiger partial charge is 0.380 e. The molecule has 1 amide bonds. The highest BCUT2D eigenvalue weighted by Gasteiger charge is 2.00. The molecule has 0 radical (unpaired) electrons. The summed E-state index contributed by atoms with van der Waals surface area (Å²) in [5, 5.41) is 6.00. The van der Waals surface area contributed by atoms with E-state index in [-0.39, 0.29) is 5.91 Å². The van der Waals surface area contributed by atoms with E-state index in [0.717, 1.165) is 12.2 Å². The zero-order valence-electron chi connectivity index (χ0n) is 10.9.